The molecular formula is C13H22N4O2S. The van der Waals surface area contributed by atoms with E-state index in [0.29, 0.717) is 6.54 Å². The molecule has 2 aliphatic rings. The Morgan fingerprint density at radius 2 is 2.15 bits per heavy atom. The van der Waals surface area contributed by atoms with E-state index < -0.39 is 0 Å². The summed E-state index contributed by atoms with van der Waals surface area (Å²) >= 11 is 1.77. The van der Waals surface area contributed by atoms with Crippen molar-refractivity contribution in [2.45, 2.75) is 43.7 Å². The van der Waals surface area contributed by atoms with Crippen LogP contribution in [0.25, 0.3) is 0 Å². The molecule has 0 N–H and O–H groups in total. The zero-order chi connectivity index (χ0) is 13.9. The summed E-state index contributed by atoms with van der Waals surface area (Å²) in [6.45, 7) is 0.527. The first kappa shape index (κ1) is 14.3. The predicted octanol–water partition coefficient (Wildman–Crippen LogP) is 1.82. The third kappa shape index (κ3) is 2.99. The molecule has 2 fully saturated rings. The number of nitrogens with zero attached hydrogens (tertiary/aromatic N) is 4. The van der Waals surface area contributed by atoms with Crippen LogP contribution in [0.1, 0.15) is 25.7 Å². The summed E-state index contributed by atoms with van der Waals surface area (Å²) in [4.78, 5) is 0. The number of tetrazole rings is 1. The Morgan fingerprint density at radius 3 is 2.80 bits per heavy atom. The second-order valence-electron chi connectivity index (χ2n) is 5.79. The Labute approximate surface area is 123 Å². The fourth-order valence-electron chi connectivity index (χ4n) is 3.56. The number of aromatic nitrogens is 4. The van der Waals surface area contributed by atoms with Gasteiger partial charge in [-0.15, -0.1) is 5.10 Å². The van der Waals surface area contributed by atoms with Crippen LogP contribution in [0.5, 0.6) is 0 Å². The van der Waals surface area contributed by atoms with Gasteiger partial charge in [-0.1, -0.05) is 18.2 Å². The van der Waals surface area contributed by atoms with Crippen molar-refractivity contribution in [1.29, 1.82) is 0 Å². The number of fused-ring (bicyclic) bond motifs is 2. The van der Waals surface area contributed by atoms with E-state index in [1.54, 1.807) is 30.7 Å². The van der Waals surface area contributed by atoms with Gasteiger partial charge in [0, 0.05) is 20.0 Å². The van der Waals surface area contributed by atoms with Crippen LogP contribution in [0.3, 0.4) is 0 Å². The summed E-state index contributed by atoms with van der Waals surface area (Å²) in [5, 5.41) is 12.8. The lowest BCUT2D eigenvalue weighted by Gasteiger charge is -2.20. The van der Waals surface area contributed by atoms with Crippen LogP contribution in [0.15, 0.2) is 5.16 Å². The summed E-state index contributed by atoms with van der Waals surface area (Å²) in [6, 6.07) is 0. The van der Waals surface area contributed by atoms with E-state index in [1.807, 2.05) is 0 Å². The minimum atomic E-state index is -0.305. The molecule has 1 aromatic heterocycles. The van der Waals surface area contributed by atoms with Gasteiger partial charge in [-0.3, -0.25) is 0 Å². The van der Waals surface area contributed by atoms with Crippen LogP contribution in [0.2, 0.25) is 0 Å². The highest BCUT2D eigenvalue weighted by atomic mass is 32.2. The number of hydrogen-bond acceptors (Lipinski definition) is 6. The van der Waals surface area contributed by atoms with E-state index >= 15 is 0 Å². The van der Waals surface area contributed by atoms with Crippen molar-refractivity contribution in [2.75, 3.05) is 20.0 Å². The van der Waals surface area contributed by atoms with Gasteiger partial charge in [0.1, 0.15) is 0 Å². The maximum atomic E-state index is 5.20. The van der Waals surface area contributed by atoms with Gasteiger partial charge in [0.05, 0.1) is 6.54 Å². The van der Waals surface area contributed by atoms with Crippen LogP contribution in [-0.2, 0) is 16.0 Å². The first-order valence-electron chi connectivity index (χ1n) is 7.24. The second kappa shape index (κ2) is 6.41. The Hall–Kier alpha value is -0.660. The van der Waals surface area contributed by atoms with Crippen molar-refractivity contribution in [3.8, 4) is 0 Å². The molecule has 3 rings (SSSR count). The fourth-order valence-corrected chi connectivity index (χ4v) is 4.69. The highest BCUT2D eigenvalue weighted by Gasteiger charge is 2.39. The first-order valence-corrected chi connectivity index (χ1v) is 8.23. The Bertz CT molecular complexity index is 438. The van der Waals surface area contributed by atoms with Gasteiger partial charge in [0.25, 0.3) is 0 Å². The molecule has 2 bridgehead atoms. The molecule has 0 saturated heterocycles. The van der Waals surface area contributed by atoms with Crippen molar-refractivity contribution in [1.82, 2.24) is 20.2 Å². The lowest BCUT2D eigenvalue weighted by Crippen LogP contribution is -2.22. The normalized spacial score (nSPS) is 28.6. The molecule has 3 unspecified atom stereocenters. The predicted molar refractivity (Wildman–Crippen MR) is 75.3 cm³/mol. The third-order valence-electron chi connectivity index (χ3n) is 4.66. The van der Waals surface area contributed by atoms with Gasteiger partial charge in [-0.2, -0.15) is 0 Å². The van der Waals surface area contributed by atoms with E-state index in [4.69, 9.17) is 9.47 Å². The Kier molecular flexibility index (Phi) is 4.58. The molecule has 0 spiro atoms. The first-order chi connectivity index (χ1) is 9.80. The van der Waals surface area contributed by atoms with Crippen LogP contribution in [-0.4, -0.2) is 46.5 Å². The summed E-state index contributed by atoms with van der Waals surface area (Å²) in [7, 11) is 3.25. The summed E-state index contributed by atoms with van der Waals surface area (Å²) in [5.41, 5.74) is 0. The molecule has 3 atom stereocenters. The summed E-state index contributed by atoms with van der Waals surface area (Å²) in [5.74, 6) is 3.92. The minimum Gasteiger partial charge on any atom is -0.354 e. The number of ether oxygens (including phenoxy) is 2. The molecule has 0 amide bonds. The van der Waals surface area contributed by atoms with Gasteiger partial charge >= 0.3 is 0 Å². The molecule has 0 radical (unpaired) electrons. The molecule has 2 saturated carbocycles. The Balaban J connectivity index is 1.54. The van der Waals surface area contributed by atoms with E-state index in [1.165, 1.54) is 25.7 Å². The van der Waals surface area contributed by atoms with Gasteiger partial charge in [-0.25, -0.2) is 4.68 Å². The van der Waals surface area contributed by atoms with Crippen molar-refractivity contribution in [3.63, 3.8) is 0 Å². The van der Waals surface area contributed by atoms with Gasteiger partial charge in [0.15, 0.2) is 6.29 Å². The number of thioether (sulfide) groups is 1. The van der Waals surface area contributed by atoms with Gasteiger partial charge in [-0.05, 0) is 47.4 Å². The van der Waals surface area contributed by atoms with Crippen LogP contribution < -0.4 is 0 Å². The van der Waals surface area contributed by atoms with Crippen LogP contribution >= 0.6 is 11.8 Å². The topological polar surface area (TPSA) is 62.1 Å². The Morgan fingerprint density at radius 1 is 1.30 bits per heavy atom. The molecule has 2 aliphatic carbocycles. The van der Waals surface area contributed by atoms with Gasteiger partial charge < -0.3 is 9.47 Å². The fraction of sp³-hybridized carbons (Fsp3) is 0.923. The molecule has 112 valence electrons. The average Bonchev–Trinajstić information content (AvgIpc) is 3.18. The molecule has 1 aromatic rings. The monoisotopic (exact) mass is 298 g/mol. The minimum absolute atomic E-state index is 0.305. The summed E-state index contributed by atoms with van der Waals surface area (Å²) < 4.78 is 12.2. The van der Waals surface area contributed by atoms with Crippen molar-refractivity contribution >= 4 is 11.8 Å². The summed E-state index contributed by atoms with van der Waals surface area (Å²) in [6.07, 6.45) is 5.42. The molecule has 0 aromatic carbocycles. The maximum absolute atomic E-state index is 5.20. The number of hydrogen-bond donors (Lipinski definition) is 0. The van der Waals surface area contributed by atoms with E-state index in [-0.39, 0.29) is 6.29 Å². The quantitative estimate of drug-likeness (QED) is 0.565. The second-order valence-corrected chi connectivity index (χ2v) is 6.78. The lowest BCUT2D eigenvalue weighted by molar-refractivity contribution is -0.113. The smallest absolute Gasteiger partial charge is 0.209 e. The van der Waals surface area contributed by atoms with Crippen molar-refractivity contribution in [3.05, 3.63) is 0 Å². The largest absolute Gasteiger partial charge is 0.354 e. The highest BCUT2D eigenvalue weighted by molar-refractivity contribution is 7.99. The molecule has 0 aliphatic heterocycles. The van der Waals surface area contributed by atoms with Crippen LogP contribution in [0.4, 0.5) is 0 Å². The molecule has 7 heteroatoms. The SMILES string of the molecule is COC(Cn1nnnc1SCC1CC2CCC1C2)OC. The van der Waals surface area contributed by atoms with E-state index in [9.17, 15) is 0 Å². The zero-order valence-electron chi connectivity index (χ0n) is 12.1. The molecule has 6 nitrogen and oxygen atoms in total. The van der Waals surface area contributed by atoms with E-state index in [0.717, 1.165) is 28.7 Å². The van der Waals surface area contributed by atoms with Crippen molar-refractivity contribution < 1.29 is 9.47 Å². The standard InChI is InChI=1S/C13H22N4O2S/c1-18-12(19-2)7-17-13(14-15-16-17)20-8-11-6-9-3-4-10(11)5-9/h9-12H,3-8H2,1-2H3. The third-order valence-corrected chi connectivity index (χ3v) is 5.80. The molecule has 1 heterocycles. The van der Waals surface area contributed by atoms with E-state index in [2.05, 4.69) is 15.5 Å². The highest BCUT2D eigenvalue weighted by Crippen LogP contribution is 2.49. The number of rotatable bonds is 7. The lowest BCUT2D eigenvalue weighted by atomic mass is 9.90. The van der Waals surface area contributed by atoms with Crippen molar-refractivity contribution in [2.24, 2.45) is 17.8 Å². The molecule has 20 heavy (non-hydrogen) atoms. The maximum Gasteiger partial charge on any atom is 0.209 e. The average molecular weight is 298 g/mol. The number of methoxy groups -OCH3 is 2. The van der Waals surface area contributed by atoms with Crippen LogP contribution in [0, 0.1) is 17.8 Å². The molecular weight excluding hydrogens is 276 g/mol. The van der Waals surface area contributed by atoms with Gasteiger partial charge in [0.2, 0.25) is 5.16 Å². The zero-order valence-corrected chi connectivity index (χ0v) is 12.9.